The van der Waals surface area contributed by atoms with Crippen LogP contribution in [0, 0.1) is 0 Å². The molecule has 1 aromatic carbocycles. The molecule has 1 heterocycles. The van der Waals surface area contributed by atoms with E-state index in [1.54, 1.807) is 0 Å². The first kappa shape index (κ1) is 12.9. The summed E-state index contributed by atoms with van der Waals surface area (Å²) in [5.74, 6) is 0. The first-order chi connectivity index (χ1) is 8.68. The number of morpholine rings is 1. The fourth-order valence-corrected chi connectivity index (χ4v) is 1.78. The Morgan fingerprint density at radius 1 is 1.50 bits per heavy atom. The SMILES string of the molecule is CC1(NC(=O)OCc2ccccc2)CNCCO1. The van der Waals surface area contributed by atoms with Gasteiger partial charge in [0.1, 0.15) is 6.61 Å². The summed E-state index contributed by atoms with van der Waals surface area (Å²) in [4.78, 5) is 11.6. The molecule has 1 aliphatic heterocycles. The standard InChI is InChI=1S/C13H18N2O3/c1-13(10-14-7-8-18-13)15-12(16)17-9-11-5-3-2-4-6-11/h2-6,14H,7-10H2,1H3,(H,15,16). The summed E-state index contributed by atoms with van der Waals surface area (Å²) in [6, 6.07) is 9.56. The van der Waals surface area contributed by atoms with E-state index < -0.39 is 11.8 Å². The van der Waals surface area contributed by atoms with Gasteiger partial charge in [-0.2, -0.15) is 0 Å². The lowest BCUT2D eigenvalue weighted by Gasteiger charge is -2.34. The van der Waals surface area contributed by atoms with Crippen molar-refractivity contribution in [2.24, 2.45) is 0 Å². The Morgan fingerprint density at radius 2 is 2.28 bits per heavy atom. The van der Waals surface area contributed by atoms with E-state index in [0.29, 0.717) is 13.2 Å². The molecule has 1 atom stereocenters. The van der Waals surface area contributed by atoms with Crippen LogP contribution < -0.4 is 10.6 Å². The molecule has 2 N–H and O–H groups in total. The first-order valence-electron chi connectivity index (χ1n) is 6.01. The van der Waals surface area contributed by atoms with Crippen LogP contribution in [0.4, 0.5) is 4.79 Å². The van der Waals surface area contributed by atoms with Crippen molar-refractivity contribution in [2.45, 2.75) is 19.3 Å². The first-order valence-corrected chi connectivity index (χ1v) is 6.01. The van der Waals surface area contributed by atoms with Gasteiger partial charge in [0.25, 0.3) is 0 Å². The van der Waals surface area contributed by atoms with Crippen LogP contribution >= 0.6 is 0 Å². The van der Waals surface area contributed by atoms with Crippen molar-refractivity contribution in [3.05, 3.63) is 35.9 Å². The topological polar surface area (TPSA) is 59.6 Å². The van der Waals surface area contributed by atoms with Crippen LogP contribution in [0.2, 0.25) is 0 Å². The van der Waals surface area contributed by atoms with E-state index >= 15 is 0 Å². The van der Waals surface area contributed by atoms with Crippen LogP contribution in [0.5, 0.6) is 0 Å². The maximum Gasteiger partial charge on any atom is 0.409 e. The summed E-state index contributed by atoms with van der Waals surface area (Å²) in [6.45, 7) is 4.04. The third-order valence-electron chi connectivity index (χ3n) is 2.74. The predicted molar refractivity (Wildman–Crippen MR) is 67.0 cm³/mol. The van der Waals surface area contributed by atoms with Crippen molar-refractivity contribution in [1.82, 2.24) is 10.6 Å². The average molecular weight is 250 g/mol. The van der Waals surface area contributed by atoms with Crippen LogP contribution in [-0.4, -0.2) is 31.5 Å². The van der Waals surface area contributed by atoms with Gasteiger partial charge < -0.3 is 14.8 Å². The second kappa shape index (κ2) is 5.84. The minimum absolute atomic E-state index is 0.260. The van der Waals surface area contributed by atoms with Crippen molar-refractivity contribution in [3.63, 3.8) is 0 Å². The minimum Gasteiger partial charge on any atom is -0.445 e. The van der Waals surface area contributed by atoms with E-state index in [1.807, 2.05) is 37.3 Å². The number of rotatable bonds is 3. The average Bonchev–Trinajstić information content (AvgIpc) is 2.38. The van der Waals surface area contributed by atoms with E-state index in [0.717, 1.165) is 12.1 Å². The summed E-state index contributed by atoms with van der Waals surface area (Å²) >= 11 is 0. The fourth-order valence-electron chi connectivity index (χ4n) is 1.78. The molecule has 0 aliphatic carbocycles. The Balaban J connectivity index is 1.78. The smallest absolute Gasteiger partial charge is 0.409 e. The molecule has 18 heavy (non-hydrogen) atoms. The highest BCUT2D eigenvalue weighted by Crippen LogP contribution is 2.09. The lowest BCUT2D eigenvalue weighted by atomic mass is 10.2. The van der Waals surface area contributed by atoms with Gasteiger partial charge in [-0.25, -0.2) is 4.79 Å². The van der Waals surface area contributed by atoms with Gasteiger partial charge >= 0.3 is 6.09 Å². The van der Waals surface area contributed by atoms with Gasteiger partial charge in [0.2, 0.25) is 0 Å². The van der Waals surface area contributed by atoms with Crippen molar-refractivity contribution >= 4 is 6.09 Å². The zero-order valence-corrected chi connectivity index (χ0v) is 10.4. The molecule has 1 aliphatic rings. The number of benzene rings is 1. The van der Waals surface area contributed by atoms with Crippen molar-refractivity contribution in [3.8, 4) is 0 Å². The molecule has 98 valence electrons. The number of amides is 1. The molecule has 1 fully saturated rings. The predicted octanol–water partition coefficient (Wildman–Crippen LogP) is 1.25. The lowest BCUT2D eigenvalue weighted by molar-refractivity contribution is -0.0727. The molecule has 5 heteroatoms. The van der Waals surface area contributed by atoms with Crippen LogP contribution in [0.15, 0.2) is 30.3 Å². The molecular weight excluding hydrogens is 232 g/mol. The molecule has 5 nitrogen and oxygen atoms in total. The molecule has 0 bridgehead atoms. The van der Waals surface area contributed by atoms with E-state index in [4.69, 9.17) is 9.47 Å². The quantitative estimate of drug-likeness (QED) is 0.847. The largest absolute Gasteiger partial charge is 0.445 e. The highest BCUT2D eigenvalue weighted by Gasteiger charge is 2.29. The van der Waals surface area contributed by atoms with Gasteiger partial charge in [-0.3, -0.25) is 5.32 Å². The maximum atomic E-state index is 11.6. The Morgan fingerprint density at radius 3 is 2.94 bits per heavy atom. The van der Waals surface area contributed by atoms with E-state index in [9.17, 15) is 4.79 Å². The van der Waals surface area contributed by atoms with Gasteiger partial charge in [-0.15, -0.1) is 0 Å². The summed E-state index contributed by atoms with van der Waals surface area (Å²) < 4.78 is 10.7. The second-order valence-electron chi connectivity index (χ2n) is 4.44. The van der Waals surface area contributed by atoms with Gasteiger partial charge in [-0.05, 0) is 12.5 Å². The van der Waals surface area contributed by atoms with Gasteiger partial charge in [0.15, 0.2) is 5.72 Å². The van der Waals surface area contributed by atoms with Crippen molar-refractivity contribution in [2.75, 3.05) is 19.7 Å². The third-order valence-corrected chi connectivity index (χ3v) is 2.74. The van der Waals surface area contributed by atoms with Gasteiger partial charge in [0, 0.05) is 13.1 Å². The van der Waals surface area contributed by atoms with Crippen LogP contribution in [0.1, 0.15) is 12.5 Å². The third kappa shape index (κ3) is 3.72. The van der Waals surface area contributed by atoms with E-state index in [1.165, 1.54) is 0 Å². The molecule has 1 saturated heterocycles. The molecule has 0 radical (unpaired) electrons. The Labute approximate surface area is 106 Å². The van der Waals surface area contributed by atoms with Gasteiger partial charge in [0.05, 0.1) is 6.61 Å². The minimum atomic E-state index is -0.688. The maximum absolute atomic E-state index is 11.6. The van der Waals surface area contributed by atoms with Crippen molar-refractivity contribution in [1.29, 1.82) is 0 Å². The number of hydrogen-bond acceptors (Lipinski definition) is 4. The Hall–Kier alpha value is -1.59. The molecule has 0 spiro atoms. The molecule has 1 aromatic rings. The number of nitrogens with one attached hydrogen (secondary N) is 2. The Bertz CT molecular complexity index is 388. The number of carbonyl (C=O) groups excluding carboxylic acids is 1. The molecular formula is C13H18N2O3. The van der Waals surface area contributed by atoms with Crippen LogP contribution in [0.25, 0.3) is 0 Å². The molecule has 1 amide bonds. The normalized spacial score (nSPS) is 23.4. The second-order valence-corrected chi connectivity index (χ2v) is 4.44. The summed E-state index contributed by atoms with van der Waals surface area (Å²) in [5.41, 5.74) is 0.270. The molecule has 1 unspecified atom stereocenters. The monoisotopic (exact) mass is 250 g/mol. The zero-order valence-electron chi connectivity index (χ0n) is 10.4. The summed E-state index contributed by atoms with van der Waals surface area (Å²) in [6.07, 6.45) is -0.468. The van der Waals surface area contributed by atoms with E-state index in [2.05, 4.69) is 10.6 Å². The zero-order chi connectivity index (χ0) is 12.8. The molecule has 0 saturated carbocycles. The molecule has 0 aromatic heterocycles. The lowest BCUT2D eigenvalue weighted by Crippen LogP contribution is -2.58. The van der Waals surface area contributed by atoms with Gasteiger partial charge in [-0.1, -0.05) is 30.3 Å². The summed E-state index contributed by atoms with van der Waals surface area (Å²) in [7, 11) is 0. The van der Waals surface area contributed by atoms with Crippen LogP contribution in [-0.2, 0) is 16.1 Å². The van der Waals surface area contributed by atoms with E-state index in [-0.39, 0.29) is 6.61 Å². The van der Waals surface area contributed by atoms with Crippen molar-refractivity contribution < 1.29 is 14.3 Å². The van der Waals surface area contributed by atoms with Crippen LogP contribution in [0.3, 0.4) is 0 Å². The highest BCUT2D eigenvalue weighted by atomic mass is 16.6. The number of hydrogen-bond donors (Lipinski definition) is 2. The highest BCUT2D eigenvalue weighted by molar-refractivity contribution is 5.68. The number of ether oxygens (including phenoxy) is 2. The number of carbonyl (C=O) groups is 1. The fraction of sp³-hybridized carbons (Fsp3) is 0.462. The summed E-state index contributed by atoms with van der Waals surface area (Å²) in [5, 5.41) is 5.88. The number of alkyl carbamates (subject to hydrolysis) is 1. The Kier molecular flexibility index (Phi) is 4.17. The molecule has 2 rings (SSSR count).